The van der Waals surface area contributed by atoms with Crippen LogP contribution in [0.4, 0.5) is 0 Å². The van der Waals surface area contributed by atoms with Crippen LogP contribution in [0.25, 0.3) is 0 Å². The maximum Gasteiger partial charge on any atom is 0.0128 e. The first kappa shape index (κ1) is 9.10. The molecule has 0 heterocycles. The molecule has 0 aliphatic heterocycles. The highest BCUT2D eigenvalue weighted by molar-refractivity contribution is 14.1. The molecular weight excluding hydrogens is 249 g/mol. The third-order valence-corrected chi connectivity index (χ3v) is 2.86. The quantitative estimate of drug-likeness (QED) is 0.723. The number of hydrogen-bond acceptors (Lipinski definition) is 1. The average Bonchev–Trinajstić information content (AvgIpc) is 1.85. The van der Waals surface area contributed by atoms with Crippen molar-refractivity contribution in [2.75, 3.05) is 0 Å². The lowest BCUT2D eigenvalue weighted by Crippen LogP contribution is -2.19. The Kier molecular flexibility index (Phi) is 2.98. The van der Waals surface area contributed by atoms with Crippen molar-refractivity contribution in [2.45, 2.75) is 20.3 Å². The van der Waals surface area contributed by atoms with E-state index in [1.807, 2.05) is 0 Å². The summed E-state index contributed by atoms with van der Waals surface area (Å²) >= 11 is 2.31. The predicted molar refractivity (Wildman–Crippen MR) is 57.3 cm³/mol. The van der Waals surface area contributed by atoms with Gasteiger partial charge in [0.1, 0.15) is 0 Å². The van der Waals surface area contributed by atoms with Crippen LogP contribution in [0.2, 0.25) is 0 Å². The van der Waals surface area contributed by atoms with Crippen LogP contribution in [0.1, 0.15) is 20.3 Å². The molecule has 2 N–H and O–H groups in total. The molecule has 1 aliphatic rings. The number of hydrogen-bond donors (Lipinski definition) is 1. The molecule has 0 spiro atoms. The second-order valence-corrected chi connectivity index (χ2v) is 4.57. The smallest absolute Gasteiger partial charge is 0.0128 e. The topological polar surface area (TPSA) is 26.0 Å². The molecule has 0 aromatic rings. The molecule has 11 heavy (non-hydrogen) atoms. The van der Waals surface area contributed by atoms with Crippen molar-refractivity contribution in [1.29, 1.82) is 0 Å². The van der Waals surface area contributed by atoms with Gasteiger partial charge in [-0.15, -0.1) is 0 Å². The van der Waals surface area contributed by atoms with Crippen LogP contribution in [0, 0.1) is 11.8 Å². The molecule has 0 radical (unpaired) electrons. The first-order chi connectivity index (χ1) is 5.11. The Hall–Kier alpha value is 0.01000. The fraction of sp³-hybridized carbons (Fsp3) is 0.556. The Morgan fingerprint density at radius 1 is 1.64 bits per heavy atom. The minimum absolute atomic E-state index is 0.563. The standard InChI is InChI=1S/C9H14IN/c1-6(2)8-4-3-7(10)5-9(8)11/h3,5-6,8H,4,11H2,1-2H3. The first-order valence-corrected chi connectivity index (χ1v) is 5.02. The summed E-state index contributed by atoms with van der Waals surface area (Å²) in [4.78, 5) is 0. The van der Waals surface area contributed by atoms with E-state index >= 15 is 0 Å². The van der Waals surface area contributed by atoms with E-state index in [0.29, 0.717) is 11.8 Å². The Balaban J connectivity index is 2.72. The zero-order valence-electron chi connectivity index (χ0n) is 6.97. The second-order valence-electron chi connectivity index (χ2n) is 3.32. The number of halogens is 1. The molecule has 2 heteroatoms. The molecule has 0 amide bonds. The lowest BCUT2D eigenvalue weighted by Gasteiger charge is -2.22. The molecule has 1 nitrogen and oxygen atoms in total. The monoisotopic (exact) mass is 263 g/mol. The molecule has 0 saturated carbocycles. The molecule has 1 rings (SSSR count). The summed E-state index contributed by atoms with van der Waals surface area (Å²) in [5, 5.41) is 0. The third kappa shape index (κ3) is 2.22. The SMILES string of the molecule is CC(C)C1CC=C(I)C=C1N. The van der Waals surface area contributed by atoms with Crippen molar-refractivity contribution in [3.8, 4) is 0 Å². The van der Waals surface area contributed by atoms with Gasteiger partial charge >= 0.3 is 0 Å². The Bertz CT molecular complexity index is 204. The van der Waals surface area contributed by atoms with Crippen LogP contribution in [0.3, 0.4) is 0 Å². The lowest BCUT2D eigenvalue weighted by atomic mass is 9.87. The molecular formula is C9H14IN. The van der Waals surface area contributed by atoms with E-state index in [9.17, 15) is 0 Å². The van der Waals surface area contributed by atoms with Gasteiger partial charge in [-0.2, -0.15) is 0 Å². The van der Waals surface area contributed by atoms with Gasteiger partial charge < -0.3 is 5.73 Å². The van der Waals surface area contributed by atoms with Gasteiger partial charge in [-0.05, 0) is 41.0 Å². The van der Waals surface area contributed by atoms with Gasteiger partial charge in [0.25, 0.3) is 0 Å². The van der Waals surface area contributed by atoms with Crippen molar-refractivity contribution in [3.05, 3.63) is 21.4 Å². The minimum atomic E-state index is 0.563. The van der Waals surface area contributed by atoms with E-state index in [0.717, 1.165) is 12.1 Å². The highest BCUT2D eigenvalue weighted by atomic mass is 127. The van der Waals surface area contributed by atoms with Crippen LogP contribution in [-0.4, -0.2) is 0 Å². The second kappa shape index (κ2) is 3.61. The molecule has 0 fully saturated rings. The van der Waals surface area contributed by atoms with E-state index in [2.05, 4.69) is 48.6 Å². The zero-order chi connectivity index (χ0) is 8.43. The Labute approximate surface area is 81.9 Å². The fourth-order valence-corrected chi connectivity index (χ4v) is 1.97. The van der Waals surface area contributed by atoms with Crippen molar-refractivity contribution >= 4 is 22.6 Å². The summed E-state index contributed by atoms with van der Waals surface area (Å²) < 4.78 is 1.28. The van der Waals surface area contributed by atoms with Gasteiger partial charge in [0.2, 0.25) is 0 Å². The van der Waals surface area contributed by atoms with Gasteiger partial charge in [-0.3, -0.25) is 0 Å². The fourth-order valence-electron chi connectivity index (χ4n) is 1.36. The van der Waals surface area contributed by atoms with E-state index in [4.69, 9.17) is 5.73 Å². The van der Waals surface area contributed by atoms with Crippen molar-refractivity contribution < 1.29 is 0 Å². The molecule has 0 saturated heterocycles. The third-order valence-electron chi connectivity index (χ3n) is 2.10. The molecule has 0 aromatic carbocycles. The zero-order valence-corrected chi connectivity index (χ0v) is 9.13. The van der Waals surface area contributed by atoms with Crippen LogP contribution in [0.5, 0.6) is 0 Å². The first-order valence-electron chi connectivity index (χ1n) is 3.94. The van der Waals surface area contributed by atoms with Crippen molar-refractivity contribution in [2.24, 2.45) is 17.6 Å². The predicted octanol–water partition coefficient (Wildman–Crippen LogP) is 2.82. The Morgan fingerprint density at radius 2 is 2.27 bits per heavy atom. The molecule has 1 aliphatic carbocycles. The summed E-state index contributed by atoms with van der Waals surface area (Å²) in [6.45, 7) is 4.44. The van der Waals surface area contributed by atoms with Gasteiger partial charge in [0.05, 0.1) is 0 Å². The van der Waals surface area contributed by atoms with Gasteiger partial charge in [0, 0.05) is 15.2 Å². The lowest BCUT2D eigenvalue weighted by molar-refractivity contribution is 0.440. The van der Waals surface area contributed by atoms with Gasteiger partial charge in [-0.1, -0.05) is 19.9 Å². The normalized spacial score (nSPS) is 24.9. The summed E-state index contributed by atoms with van der Waals surface area (Å²) in [7, 11) is 0. The highest BCUT2D eigenvalue weighted by Gasteiger charge is 2.17. The van der Waals surface area contributed by atoms with E-state index in [1.165, 1.54) is 3.58 Å². The molecule has 1 unspecified atom stereocenters. The molecule has 0 aromatic heterocycles. The summed E-state index contributed by atoms with van der Waals surface area (Å²) in [5.74, 6) is 1.22. The maximum absolute atomic E-state index is 5.89. The van der Waals surface area contributed by atoms with E-state index in [1.54, 1.807) is 0 Å². The highest BCUT2D eigenvalue weighted by Crippen LogP contribution is 2.28. The average molecular weight is 263 g/mol. The van der Waals surface area contributed by atoms with Crippen LogP contribution in [-0.2, 0) is 0 Å². The van der Waals surface area contributed by atoms with E-state index < -0.39 is 0 Å². The van der Waals surface area contributed by atoms with E-state index in [-0.39, 0.29) is 0 Å². The minimum Gasteiger partial charge on any atom is -0.402 e. The number of rotatable bonds is 1. The Morgan fingerprint density at radius 3 is 2.73 bits per heavy atom. The van der Waals surface area contributed by atoms with Crippen molar-refractivity contribution in [1.82, 2.24) is 0 Å². The summed E-state index contributed by atoms with van der Waals surface area (Å²) in [5.41, 5.74) is 6.93. The van der Waals surface area contributed by atoms with Gasteiger partial charge in [-0.25, -0.2) is 0 Å². The van der Waals surface area contributed by atoms with Crippen molar-refractivity contribution in [3.63, 3.8) is 0 Å². The van der Waals surface area contributed by atoms with Crippen LogP contribution in [0.15, 0.2) is 21.4 Å². The largest absolute Gasteiger partial charge is 0.402 e. The van der Waals surface area contributed by atoms with Gasteiger partial charge in [0.15, 0.2) is 0 Å². The molecule has 0 bridgehead atoms. The maximum atomic E-state index is 5.89. The number of allylic oxidation sites excluding steroid dienone is 4. The van der Waals surface area contributed by atoms with Crippen LogP contribution >= 0.6 is 22.6 Å². The summed E-state index contributed by atoms with van der Waals surface area (Å²) in [6, 6.07) is 0. The molecule has 1 atom stereocenters. The molecule has 62 valence electrons. The summed E-state index contributed by atoms with van der Waals surface area (Å²) in [6.07, 6.45) is 5.44. The number of nitrogens with two attached hydrogens (primary N) is 1. The van der Waals surface area contributed by atoms with Crippen LogP contribution < -0.4 is 5.73 Å².